The normalized spacial score (nSPS) is 26.1. The van der Waals surface area contributed by atoms with E-state index in [1.54, 1.807) is 11.3 Å². The van der Waals surface area contributed by atoms with Crippen molar-refractivity contribution in [3.05, 3.63) is 22.4 Å². The van der Waals surface area contributed by atoms with Gasteiger partial charge >= 0.3 is 0 Å². The quantitative estimate of drug-likeness (QED) is 0.816. The third kappa shape index (κ3) is 3.64. The molecule has 0 bridgehead atoms. The van der Waals surface area contributed by atoms with Crippen LogP contribution in [0.25, 0.3) is 0 Å². The van der Waals surface area contributed by atoms with Crippen LogP contribution in [0.3, 0.4) is 0 Å². The van der Waals surface area contributed by atoms with Crippen molar-refractivity contribution < 1.29 is 13.2 Å². The monoisotopic (exact) mass is 328 g/mol. The number of thiophene rings is 1. The molecule has 116 valence electrons. The van der Waals surface area contributed by atoms with Gasteiger partial charge in [-0.15, -0.1) is 11.3 Å². The van der Waals surface area contributed by atoms with Crippen molar-refractivity contribution in [1.82, 2.24) is 9.80 Å². The van der Waals surface area contributed by atoms with Crippen molar-refractivity contribution in [3.63, 3.8) is 0 Å². The van der Waals surface area contributed by atoms with E-state index < -0.39 is 9.84 Å². The lowest BCUT2D eigenvalue weighted by Crippen LogP contribution is -2.52. The van der Waals surface area contributed by atoms with Gasteiger partial charge in [0.1, 0.15) is 0 Å². The van der Waals surface area contributed by atoms with Gasteiger partial charge in [0.2, 0.25) is 5.91 Å². The van der Waals surface area contributed by atoms with Gasteiger partial charge in [0.05, 0.1) is 17.9 Å². The van der Waals surface area contributed by atoms with E-state index in [2.05, 4.69) is 4.90 Å². The molecule has 2 saturated heterocycles. The smallest absolute Gasteiger partial charge is 0.227 e. The molecule has 2 aliphatic heterocycles. The summed E-state index contributed by atoms with van der Waals surface area (Å²) in [6.07, 6.45) is 1.22. The molecule has 1 aromatic rings. The maximum absolute atomic E-state index is 12.2. The number of hydrogen-bond acceptors (Lipinski definition) is 5. The predicted molar refractivity (Wildman–Crippen MR) is 83.2 cm³/mol. The molecule has 3 heterocycles. The Morgan fingerprint density at radius 1 is 1.29 bits per heavy atom. The van der Waals surface area contributed by atoms with Crippen molar-refractivity contribution in [2.45, 2.75) is 18.9 Å². The van der Waals surface area contributed by atoms with Crippen LogP contribution in [-0.2, 0) is 21.1 Å². The number of piperazine rings is 1. The van der Waals surface area contributed by atoms with Crippen LogP contribution in [-0.4, -0.2) is 67.9 Å². The molecule has 2 fully saturated rings. The van der Waals surface area contributed by atoms with Gasteiger partial charge in [-0.2, -0.15) is 0 Å². The zero-order valence-corrected chi connectivity index (χ0v) is 13.5. The van der Waals surface area contributed by atoms with Crippen LogP contribution in [0.2, 0.25) is 0 Å². The molecule has 1 amide bonds. The lowest BCUT2D eigenvalue weighted by Gasteiger charge is -2.37. The first-order valence-corrected chi connectivity index (χ1v) is 9.98. The number of rotatable bonds is 3. The molecule has 0 saturated carbocycles. The van der Waals surface area contributed by atoms with E-state index in [4.69, 9.17) is 0 Å². The Labute approximate surface area is 129 Å². The van der Waals surface area contributed by atoms with E-state index in [9.17, 15) is 13.2 Å². The lowest BCUT2D eigenvalue weighted by atomic mass is 10.2. The first kappa shape index (κ1) is 15.0. The third-order valence-electron chi connectivity index (χ3n) is 4.30. The number of nitrogens with zero attached hydrogens (tertiary/aromatic N) is 2. The topological polar surface area (TPSA) is 57.7 Å². The molecule has 0 spiro atoms. The minimum absolute atomic E-state index is 0.157. The van der Waals surface area contributed by atoms with Crippen molar-refractivity contribution in [3.8, 4) is 0 Å². The molecule has 0 aromatic carbocycles. The summed E-state index contributed by atoms with van der Waals surface area (Å²) in [5.41, 5.74) is 0. The Balaban J connectivity index is 1.50. The second-order valence-corrected chi connectivity index (χ2v) is 8.99. The predicted octanol–water partition coefficient (Wildman–Crippen LogP) is 0.622. The Hall–Kier alpha value is -0.920. The van der Waals surface area contributed by atoms with Gasteiger partial charge in [0.25, 0.3) is 0 Å². The number of hydrogen-bond donors (Lipinski definition) is 0. The summed E-state index contributed by atoms with van der Waals surface area (Å²) in [5.74, 6) is 0.779. The van der Waals surface area contributed by atoms with Crippen LogP contribution in [0.1, 0.15) is 11.3 Å². The van der Waals surface area contributed by atoms with Gasteiger partial charge in [-0.05, 0) is 17.9 Å². The Morgan fingerprint density at radius 2 is 2.05 bits per heavy atom. The van der Waals surface area contributed by atoms with E-state index in [1.165, 1.54) is 0 Å². The zero-order chi connectivity index (χ0) is 14.9. The lowest BCUT2D eigenvalue weighted by molar-refractivity contribution is -0.132. The maximum atomic E-state index is 12.2. The summed E-state index contributed by atoms with van der Waals surface area (Å²) in [4.78, 5) is 17.5. The van der Waals surface area contributed by atoms with Crippen LogP contribution >= 0.6 is 11.3 Å². The van der Waals surface area contributed by atoms with Gasteiger partial charge in [-0.1, -0.05) is 6.07 Å². The molecule has 3 rings (SSSR count). The number of sulfone groups is 1. The summed E-state index contributed by atoms with van der Waals surface area (Å²) < 4.78 is 23.1. The third-order valence-corrected chi connectivity index (χ3v) is 6.92. The van der Waals surface area contributed by atoms with Crippen LogP contribution in [0.4, 0.5) is 0 Å². The van der Waals surface area contributed by atoms with Crippen molar-refractivity contribution >= 4 is 27.1 Å². The Bertz CT molecular complexity index is 590. The first-order valence-electron chi connectivity index (χ1n) is 7.28. The van der Waals surface area contributed by atoms with Crippen molar-refractivity contribution in [2.75, 3.05) is 37.7 Å². The fraction of sp³-hybridized carbons (Fsp3) is 0.643. The van der Waals surface area contributed by atoms with E-state index in [0.717, 1.165) is 24.4 Å². The minimum atomic E-state index is -2.83. The van der Waals surface area contributed by atoms with Gasteiger partial charge < -0.3 is 4.90 Å². The minimum Gasteiger partial charge on any atom is -0.340 e. The van der Waals surface area contributed by atoms with Gasteiger partial charge in [-0.25, -0.2) is 8.42 Å². The molecule has 0 aliphatic carbocycles. The van der Waals surface area contributed by atoms with Crippen LogP contribution < -0.4 is 0 Å². The van der Waals surface area contributed by atoms with Crippen LogP contribution in [0.5, 0.6) is 0 Å². The zero-order valence-electron chi connectivity index (χ0n) is 11.9. The fourth-order valence-corrected chi connectivity index (χ4v) is 5.53. The van der Waals surface area contributed by atoms with Gasteiger partial charge in [0.15, 0.2) is 9.84 Å². The highest BCUT2D eigenvalue weighted by atomic mass is 32.2. The van der Waals surface area contributed by atoms with E-state index >= 15 is 0 Å². The standard InChI is InChI=1S/C14H20N2O3S2/c17-14(10-13-2-1-8-20-13)16-6-4-15(5-7-16)12-3-9-21(18,19)11-12/h1-2,8,12H,3-7,9-11H2/t12-/m1/s1. The average molecular weight is 328 g/mol. The molecule has 1 atom stereocenters. The highest BCUT2D eigenvalue weighted by molar-refractivity contribution is 7.91. The van der Waals surface area contributed by atoms with Crippen LogP contribution in [0, 0.1) is 0 Å². The van der Waals surface area contributed by atoms with Crippen LogP contribution in [0.15, 0.2) is 17.5 Å². The largest absolute Gasteiger partial charge is 0.340 e. The summed E-state index contributed by atoms with van der Waals surface area (Å²) in [5, 5.41) is 1.99. The molecule has 1 aromatic heterocycles. The summed E-state index contributed by atoms with van der Waals surface area (Å²) in [7, 11) is -2.83. The SMILES string of the molecule is O=C(Cc1cccs1)N1CCN([C@@H]2CCS(=O)(=O)C2)CC1. The van der Waals surface area contributed by atoms with Gasteiger partial charge in [0, 0.05) is 37.1 Å². The molecule has 0 radical (unpaired) electrons. The molecular formula is C14H20N2O3S2. The average Bonchev–Trinajstić information content (AvgIpc) is 3.08. The molecular weight excluding hydrogens is 308 g/mol. The highest BCUT2D eigenvalue weighted by Gasteiger charge is 2.34. The molecule has 7 heteroatoms. The summed E-state index contributed by atoms with van der Waals surface area (Å²) in [6, 6.07) is 4.11. The second kappa shape index (κ2) is 6.06. The Morgan fingerprint density at radius 3 is 2.62 bits per heavy atom. The Kier molecular flexibility index (Phi) is 4.33. The molecule has 2 aliphatic rings. The van der Waals surface area contributed by atoms with E-state index in [1.807, 2.05) is 22.4 Å². The second-order valence-electron chi connectivity index (χ2n) is 5.73. The van der Waals surface area contributed by atoms with E-state index in [0.29, 0.717) is 25.3 Å². The van der Waals surface area contributed by atoms with E-state index in [-0.39, 0.29) is 17.7 Å². The molecule has 0 unspecified atom stereocenters. The molecule has 5 nitrogen and oxygen atoms in total. The summed E-state index contributed by atoms with van der Waals surface area (Å²) in [6.45, 7) is 2.99. The number of carbonyl (C=O) groups excluding carboxylic acids is 1. The summed E-state index contributed by atoms with van der Waals surface area (Å²) >= 11 is 1.61. The molecule has 21 heavy (non-hydrogen) atoms. The van der Waals surface area contributed by atoms with Crippen molar-refractivity contribution in [2.24, 2.45) is 0 Å². The fourth-order valence-electron chi connectivity index (χ4n) is 3.07. The van der Waals surface area contributed by atoms with Crippen molar-refractivity contribution in [1.29, 1.82) is 0 Å². The number of carbonyl (C=O) groups is 1. The van der Waals surface area contributed by atoms with Gasteiger partial charge in [-0.3, -0.25) is 9.69 Å². The highest BCUT2D eigenvalue weighted by Crippen LogP contribution is 2.19. The number of amides is 1. The maximum Gasteiger partial charge on any atom is 0.227 e. The molecule has 0 N–H and O–H groups in total. The first-order chi connectivity index (χ1) is 10.0.